The number of rotatable bonds is 3. The fourth-order valence-corrected chi connectivity index (χ4v) is 2.99. The van der Waals surface area contributed by atoms with Gasteiger partial charge >= 0.3 is 0 Å². The largest absolute Gasteiger partial charge is 0.382 e. The van der Waals surface area contributed by atoms with Gasteiger partial charge in [-0.1, -0.05) is 18.2 Å². The molecule has 0 spiro atoms. The molecule has 0 bridgehead atoms. The summed E-state index contributed by atoms with van der Waals surface area (Å²) >= 11 is 0. The summed E-state index contributed by atoms with van der Waals surface area (Å²) in [6, 6.07) is 8.24. The fourth-order valence-electron chi connectivity index (χ4n) is 2.99. The lowest BCUT2D eigenvalue weighted by Gasteiger charge is -2.41. The molecule has 3 atom stereocenters. The molecule has 3 nitrogen and oxygen atoms in total. The van der Waals surface area contributed by atoms with E-state index >= 15 is 0 Å². The number of hydrogen-bond donors (Lipinski definition) is 2. The topological polar surface area (TPSA) is 41.1 Å². The molecule has 3 unspecified atom stereocenters. The number of benzene rings is 1. The second-order valence-electron chi connectivity index (χ2n) is 5.15. The molecule has 1 aromatic carbocycles. The van der Waals surface area contributed by atoms with Crippen LogP contribution in [0.2, 0.25) is 0 Å². The van der Waals surface area contributed by atoms with E-state index in [-0.39, 0.29) is 5.91 Å². The van der Waals surface area contributed by atoms with Crippen molar-refractivity contribution in [2.75, 3.05) is 12.4 Å². The number of carbonyl (C=O) groups is 1. The van der Waals surface area contributed by atoms with Crippen molar-refractivity contribution < 1.29 is 4.79 Å². The highest BCUT2D eigenvalue weighted by Crippen LogP contribution is 2.44. The summed E-state index contributed by atoms with van der Waals surface area (Å²) < 4.78 is 0. The number of carbonyl (C=O) groups excluding carboxylic acids is 1. The van der Waals surface area contributed by atoms with Gasteiger partial charge in [-0.15, -0.1) is 0 Å². The lowest BCUT2D eigenvalue weighted by atomic mass is 9.71. The van der Waals surface area contributed by atoms with Crippen molar-refractivity contribution in [3.8, 4) is 0 Å². The number of hydrogen-bond acceptors (Lipinski definition) is 2. The van der Waals surface area contributed by atoms with Gasteiger partial charge in [-0.05, 0) is 37.0 Å². The average Bonchev–Trinajstić information content (AvgIpc) is 2.77. The van der Waals surface area contributed by atoms with Crippen LogP contribution in [0.1, 0.15) is 23.2 Å². The van der Waals surface area contributed by atoms with E-state index in [2.05, 4.69) is 22.8 Å². The molecular formula is C15H18N2O. The maximum atomic E-state index is 11.6. The van der Waals surface area contributed by atoms with Crippen molar-refractivity contribution in [2.45, 2.75) is 18.9 Å². The van der Waals surface area contributed by atoms with Gasteiger partial charge in [-0.25, -0.2) is 0 Å². The first kappa shape index (κ1) is 11.3. The number of allylic oxidation sites excluding steroid dienone is 1. The average molecular weight is 242 g/mol. The number of amides is 1. The lowest BCUT2D eigenvalue weighted by molar-refractivity contribution is 0.0963. The van der Waals surface area contributed by atoms with Crippen molar-refractivity contribution in [1.29, 1.82) is 0 Å². The Bertz CT molecular complexity index is 495. The number of fused-ring (bicyclic) bond motifs is 1. The Labute approximate surface area is 107 Å². The first-order chi connectivity index (χ1) is 8.78. The van der Waals surface area contributed by atoms with E-state index in [0.29, 0.717) is 17.5 Å². The Morgan fingerprint density at radius 1 is 1.39 bits per heavy atom. The molecule has 3 heteroatoms. The summed E-state index contributed by atoms with van der Waals surface area (Å²) in [5.74, 6) is 1.50. The maximum absolute atomic E-state index is 11.6. The zero-order valence-electron chi connectivity index (χ0n) is 10.5. The number of nitrogens with one attached hydrogen (secondary N) is 2. The molecule has 1 saturated carbocycles. The van der Waals surface area contributed by atoms with Crippen molar-refractivity contribution >= 4 is 11.6 Å². The lowest BCUT2D eigenvalue weighted by Crippen LogP contribution is -2.43. The van der Waals surface area contributed by atoms with Crippen molar-refractivity contribution in [3.63, 3.8) is 0 Å². The second kappa shape index (κ2) is 4.48. The quantitative estimate of drug-likeness (QED) is 0.799. The molecule has 94 valence electrons. The van der Waals surface area contributed by atoms with Gasteiger partial charge in [0.2, 0.25) is 0 Å². The summed E-state index contributed by atoms with van der Waals surface area (Å²) in [5.41, 5.74) is 1.75. The van der Waals surface area contributed by atoms with Crippen molar-refractivity contribution in [3.05, 3.63) is 42.0 Å². The third-order valence-corrected chi connectivity index (χ3v) is 4.07. The van der Waals surface area contributed by atoms with E-state index in [1.807, 2.05) is 24.3 Å². The smallest absolute Gasteiger partial charge is 0.251 e. The zero-order valence-corrected chi connectivity index (χ0v) is 10.5. The molecule has 0 aliphatic heterocycles. The fraction of sp³-hybridized carbons (Fsp3) is 0.400. The molecule has 2 aliphatic carbocycles. The molecule has 1 amide bonds. The highest BCUT2D eigenvalue weighted by Gasteiger charge is 2.40. The standard InChI is InChI=1S/C15H18N2O/c1-16-15(18)11-5-2-6-12(8-11)17-14-9-10-4-3-7-13(10)14/h2-3,5-8,10,13-14,17H,4,9H2,1H3,(H,16,18). The van der Waals surface area contributed by atoms with E-state index < -0.39 is 0 Å². The molecule has 0 aromatic heterocycles. The molecule has 18 heavy (non-hydrogen) atoms. The Balaban J connectivity index is 1.69. The van der Waals surface area contributed by atoms with Crippen LogP contribution in [0.3, 0.4) is 0 Å². The van der Waals surface area contributed by atoms with Crippen LogP contribution in [0.15, 0.2) is 36.4 Å². The summed E-state index contributed by atoms with van der Waals surface area (Å²) in [4.78, 5) is 11.6. The SMILES string of the molecule is CNC(=O)c1cccc(NC2CC3CC=CC32)c1. The first-order valence-corrected chi connectivity index (χ1v) is 6.53. The van der Waals surface area contributed by atoms with Gasteiger partial charge in [0.25, 0.3) is 5.91 Å². The Morgan fingerprint density at radius 2 is 2.28 bits per heavy atom. The monoisotopic (exact) mass is 242 g/mol. The molecule has 2 N–H and O–H groups in total. The maximum Gasteiger partial charge on any atom is 0.251 e. The van der Waals surface area contributed by atoms with Gasteiger partial charge in [0.05, 0.1) is 0 Å². The summed E-state index contributed by atoms with van der Waals surface area (Å²) in [7, 11) is 1.66. The Hall–Kier alpha value is -1.77. The molecule has 3 rings (SSSR count). The van der Waals surface area contributed by atoms with Crippen LogP contribution in [0.5, 0.6) is 0 Å². The van der Waals surface area contributed by atoms with E-state index in [0.717, 1.165) is 11.6 Å². The Kier molecular flexibility index (Phi) is 2.82. The highest BCUT2D eigenvalue weighted by atomic mass is 16.1. The predicted molar refractivity (Wildman–Crippen MR) is 72.6 cm³/mol. The van der Waals surface area contributed by atoms with E-state index in [1.54, 1.807) is 7.05 Å². The molecule has 1 aromatic rings. The third-order valence-electron chi connectivity index (χ3n) is 4.07. The van der Waals surface area contributed by atoms with E-state index in [1.165, 1.54) is 12.8 Å². The first-order valence-electron chi connectivity index (χ1n) is 6.53. The molecule has 1 fully saturated rings. The van der Waals surface area contributed by atoms with Gasteiger partial charge in [-0.2, -0.15) is 0 Å². The van der Waals surface area contributed by atoms with Gasteiger partial charge in [-0.3, -0.25) is 4.79 Å². The second-order valence-corrected chi connectivity index (χ2v) is 5.15. The molecule has 0 saturated heterocycles. The minimum Gasteiger partial charge on any atom is -0.382 e. The van der Waals surface area contributed by atoms with E-state index in [4.69, 9.17) is 0 Å². The van der Waals surface area contributed by atoms with Gasteiger partial charge in [0, 0.05) is 30.3 Å². The van der Waals surface area contributed by atoms with Crippen LogP contribution in [0.25, 0.3) is 0 Å². The van der Waals surface area contributed by atoms with Crippen molar-refractivity contribution in [1.82, 2.24) is 5.32 Å². The third kappa shape index (κ3) is 1.90. The minimum atomic E-state index is -0.0362. The van der Waals surface area contributed by atoms with Crippen LogP contribution in [-0.2, 0) is 0 Å². The normalized spacial score (nSPS) is 28.4. The van der Waals surface area contributed by atoms with Crippen molar-refractivity contribution in [2.24, 2.45) is 11.8 Å². The van der Waals surface area contributed by atoms with Crippen LogP contribution in [-0.4, -0.2) is 19.0 Å². The predicted octanol–water partition coefficient (Wildman–Crippen LogP) is 2.42. The Morgan fingerprint density at radius 3 is 3.06 bits per heavy atom. The molecular weight excluding hydrogens is 224 g/mol. The van der Waals surface area contributed by atoms with Gasteiger partial charge in [0.1, 0.15) is 0 Å². The summed E-state index contributed by atoms with van der Waals surface area (Å²) in [5, 5.41) is 6.19. The van der Waals surface area contributed by atoms with Crippen LogP contribution in [0.4, 0.5) is 5.69 Å². The minimum absolute atomic E-state index is 0.0362. The summed E-state index contributed by atoms with van der Waals surface area (Å²) in [6.45, 7) is 0. The molecule has 0 heterocycles. The molecule has 2 aliphatic rings. The highest BCUT2D eigenvalue weighted by molar-refractivity contribution is 5.94. The number of anilines is 1. The van der Waals surface area contributed by atoms with Crippen LogP contribution in [0, 0.1) is 11.8 Å². The zero-order chi connectivity index (χ0) is 12.5. The van der Waals surface area contributed by atoms with Gasteiger partial charge < -0.3 is 10.6 Å². The summed E-state index contributed by atoms with van der Waals surface area (Å²) in [6.07, 6.45) is 7.09. The van der Waals surface area contributed by atoms with Gasteiger partial charge in [0.15, 0.2) is 0 Å². The molecule has 0 radical (unpaired) electrons. The van der Waals surface area contributed by atoms with E-state index in [9.17, 15) is 4.79 Å². The van der Waals surface area contributed by atoms with Crippen LogP contribution >= 0.6 is 0 Å². The van der Waals surface area contributed by atoms with Crippen LogP contribution < -0.4 is 10.6 Å².